The minimum Gasteiger partial charge on any atom is -0.457 e. The van der Waals surface area contributed by atoms with E-state index in [4.69, 9.17) is 9.47 Å². The molecule has 45 heavy (non-hydrogen) atoms. The molecule has 0 aliphatic carbocycles. The van der Waals surface area contributed by atoms with Crippen LogP contribution in [0, 0.1) is 10.1 Å². The van der Waals surface area contributed by atoms with Gasteiger partial charge >= 0.3 is 0 Å². The number of rotatable bonds is 7. The van der Waals surface area contributed by atoms with Crippen LogP contribution in [0.1, 0.15) is 41.4 Å². The van der Waals surface area contributed by atoms with Gasteiger partial charge in [-0.3, -0.25) is 29.3 Å². The molecule has 5 aromatic carbocycles. The van der Waals surface area contributed by atoms with E-state index >= 15 is 0 Å². The number of fused-ring (bicyclic) bond motifs is 2. The highest BCUT2D eigenvalue weighted by Gasteiger charge is 2.38. The highest BCUT2D eigenvalue weighted by molar-refractivity contribution is 6.35. The quantitative estimate of drug-likeness (QED) is 0.114. The van der Waals surface area contributed by atoms with E-state index in [0.717, 1.165) is 15.9 Å². The molecule has 5 aromatic rings. The standard InChI is InChI=1S/C34H19N3O8/c38-31-27-3-1-2-4-28(27)32(39)35(31)20-5-10-23(11-6-20)44-25-14-16-26(17-15-25)45-24-12-7-21(8-13-24)36-33(40)29-18-9-22(37(42)43)19-30(29)34(36)41/h1-19H. The lowest BCUT2D eigenvalue weighted by atomic mass is 10.1. The minimum absolute atomic E-state index is 0.0180. The molecule has 7 rings (SSSR count). The lowest BCUT2D eigenvalue weighted by Crippen LogP contribution is -2.29. The summed E-state index contributed by atoms with van der Waals surface area (Å²) in [6, 6.07) is 30.0. The van der Waals surface area contributed by atoms with E-state index in [-0.39, 0.29) is 28.6 Å². The normalized spacial score (nSPS) is 13.6. The van der Waals surface area contributed by atoms with E-state index in [1.165, 1.54) is 12.1 Å². The number of imide groups is 2. The Morgan fingerprint density at radius 2 is 0.822 bits per heavy atom. The molecule has 0 spiro atoms. The third-order valence-corrected chi connectivity index (χ3v) is 7.36. The zero-order valence-corrected chi connectivity index (χ0v) is 23.1. The number of nitrogens with zero attached hydrogens (tertiary/aromatic N) is 3. The Labute approximate surface area is 254 Å². The van der Waals surface area contributed by atoms with Crippen molar-refractivity contribution >= 4 is 40.7 Å². The van der Waals surface area contributed by atoms with Gasteiger partial charge in [0, 0.05) is 12.1 Å². The predicted molar refractivity (Wildman–Crippen MR) is 161 cm³/mol. The van der Waals surface area contributed by atoms with Crippen molar-refractivity contribution in [2.75, 3.05) is 9.80 Å². The molecule has 0 bridgehead atoms. The first-order chi connectivity index (χ1) is 21.8. The zero-order chi connectivity index (χ0) is 31.2. The van der Waals surface area contributed by atoms with Gasteiger partial charge in [-0.25, -0.2) is 9.80 Å². The smallest absolute Gasteiger partial charge is 0.270 e. The van der Waals surface area contributed by atoms with Gasteiger partial charge in [0.2, 0.25) is 0 Å². The van der Waals surface area contributed by atoms with Crippen LogP contribution in [0.5, 0.6) is 23.0 Å². The Bertz CT molecular complexity index is 2020. The van der Waals surface area contributed by atoms with Crippen molar-refractivity contribution in [2.45, 2.75) is 0 Å². The average Bonchev–Trinajstić information content (AvgIpc) is 3.46. The van der Waals surface area contributed by atoms with Crippen LogP contribution in [0.2, 0.25) is 0 Å². The Morgan fingerprint density at radius 3 is 1.22 bits per heavy atom. The van der Waals surface area contributed by atoms with Crippen molar-refractivity contribution in [3.8, 4) is 23.0 Å². The Morgan fingerprint density at radius 1 is 0.467 bits per heavy atom. The third kappa shape index (κ3) is 4.74. The topological polar surface area (TPSA) is 136 Å². The largest absolute Gasteiger partial charge is 0.457 e. The summed E-state index contributed by atoms with van der Waals surface area (Å²) in [5.74, 6) is 0.0401. The van der Waals surface area contributed by atoms with E-state index in [9.17, 15) is 29.3 Å². The lowest BCUT2D eigenvalue weighted by molar-refractivity contribution is -0.384. The number of benzene rings is 5. The van der Waals surface area contributed by atoms with Crippen molar-refractivity contribution in [3.63, 3.8) is 0 Å². The molecule has 0 unspecified atom stereocenters. The van der Waals surface area contributed by atoms with Gasteiger partial charge in [-0.2, -0.15) is 0 Å². The summed E-state index contributed by atoms with van der Waals surface area (Å²) in [6.07, 6.45) is 0. The maximum atomic E-state index is 12.9. The SMILES string of the molecule is O=C1c2ccccc2C(=O)N1c1ccc(Oc2ccc(Oc3ccc(N4C(=O)c5ccc([N+](=O)[O-])cc5C4=O)cc3)cc2)cc1. The van der Waals surface area contributed by atoms with Crippen LogP contribution >= 0.6 is 0 Å². The van der Waals surface area contributed by atoms with E-state index in [1.54, 1.807) is 97.1 Å². The zero-order valence-electron chi connectivity index (χ0n) is 23.1. The molecule has 0 aromatic heterocycles. The molecule has 0 saturated heterocycles. The monoisotopic (exact) mass is 597 g/mol. The summed E-state index contributed by atoms with van der Waals surface area (Å²) >= 11 is 0. The highest BCUT2D eigenvalue weighted by atomic mass is 16.6. The Hall–Kier alpha value is -6.62. The van der Waals surface area contributed by atoms with Gasteiger partial charge in [-0.1, -0.05) is 12.1 Å². The number of anilines is 2. The number of carbonyl (C=O) groups is 4. The Kier molecular flexibility index (Phi) is 6.40. The molecule has 2 heterocycles. The average molecular weight is 598 g/mol. The van der Waals surface area contributed by atoms with Crippen LogP contribution in [-0.4, -0.2) is 28.6 Å². The van der Waals surface area contributed by atoms with E-state index in [1.807, 2.05) is 0 Å². The van der Waals surface area contributed by atoms with Gasteiger partial charge in [0.25, 0.3) is 29.3 Å². The molecule has 2 aliphatic rings. The number of nitro benzene ring substituents is 1. The first-order valence-corrected chi connectivity index (χ1v) is 13.6. The maximum Gasteiger partial charge on any atom is 0.270 e. The summed E-state index contributed by atoms with van der Waals surface area (Å²) in [5, 5.41) is 11.1. The first kappa shape index (κ1) is 27.2. The van der Waals surface area contributed by atoms with Crippen LogP contribution in [0.25, 0.3) is 0 Å². The number of hydrogen-bond acceptors (Lipinski definition) is 8. The molecular formula is C34H19N3O8. The maximum absolute atomic E-state index is 12.9. The molecule has 218 valence electrons. The highest BCUT2D eigenvalue weighted by Crippen LogP contribution is 2.34. The summed E-state index contributed by atoms with van der Waals surface area (Å²) < 4.78 is 11.8. The number of hydrogen-bond donors (Lipinski definition) is 0. The van der Waals surface area contributed by atoms with Gasteiger partial charge in [-0.15, -0.1) is 0 Å². The minimum atomic E-state index is -0.638. The molecule has 0 fully saturated rings. The molecular weight excluding hydrogens is 578 g/mol. The van der Waals surface area contributed by atoms with Crippen LogP contribution in [0.4, 0.5) is 17.1 Å². The number of amides is 4. The number of non-ortho nitro benzene ring substituents is 1. The third-order valence-electron chi connectivity index (χ3n) is 7.36. The fourth-order valence-corrected chi connectivity index (χ4v) is 5.18. The number of carbonyl (C=O) groups excluding carboxylic acids is 4. The van der Waals surface area contributed by atoms with Gasteiger partial charge in [0.05, 0.1) is 38.6 Å². The van der Waals surface area contributed by atoms with Crippen molar-refractivity contribution in [1.29, 1.82) is 0 Å². The second kappa shape index (κ2) is 10.6. The van der Waals surface area contributed by atoms with Gasteiger partial charge in [-0.05, 0) is 91.0 Å². The number of nitro groups is 1. The molecule has 0 N–H and O–H groups in total. The van der Waals surface area contributed by atoms with Gasteiger partial charge < -0.3 is 9.47 Å². The van der Waals surface area contributed by atoms with Crippen molar-refractivity contribution in [3.05, 3.63) is 148 Å². The summed E-state index contributed by atoms with van der Waals surface area (Å²) in [5.41, 5.74) is 1.30. The molecule has 0 saturated carbocycles. The molecule has 11 heteroatoms. The summed E-state index contributed by atoms with van der Waals surface area (Å²) in [4.78, 5) is 63.8. The van der Waals surface area contributed by atoms with Crippen molar-refractivity contribution in [1.82, 2.24) is 0 Å². The van der Waals surface area contributed by atoms with Crippen LogP contribution in [-0.2, 0) is 0 Å². The van der Waals surface area contributed by atoms with Crippen LogP contribution < -0.4 is 19.3 Å². The molecule has 11 nitrogen and oxygen atoms in total. The molecule has 2 aliphatic heterocycles. The lowest BCUT2D eigenvalue weighted by Gasteiger charge is -2.15. The van der Waals surface area contributed by atoms with Crippen molar-refractivity contribution < 1.29 is 33.6 Å². The Balaban J connectivity index is 0.988. The van der Waals surface area contributed by atoms with Gasteiger partial charge in [0.15, 0.2) is 0 Å². The predicted octanol–water partition coefficient (Wildman–Crippen LogP) is 6.78. The molecule has 0 radical (unpaired) electrons. The molecule has 4 amide bonds. The van der Waals surface area contributed by atoms with Crippen molar-refractivity contribution in [2.24, 2.45) is 0 Å². The fourth-order valence-electron chi connectivity index (χ4n) is 5.18. The van der Waals surface area contributed by atoms with Crippen LogP contribution in [0.3, 0.4) is 0 Å². The molecule has 0 atom stereocenters. The number of ether oxygens (including phenoxy) is 2. The second-order valence-electron chi connectivity index (χ2n) is 10.1. The van der Waals surface area contributed by atoms with Gasteiger partial charge in [0.1, 0.15) is 23.0 Å². The van der Waals surface area contributed by atoms with E-state index in [2.05, 4.69) is 0 Å². The van der Waals surface area contributed by atoms with Crippen LogP contribution in [0.15, 0.2) is 115 Å². The first-order valence-electron chi connectivity index (χ1n) is 13.6. The van der Waals surface area contributed by atoms with E-state index in [0.29, 0.717) is 45.5 Å². The summed E-state index contributed by atoms with van der Waals surface area (Å²) in [6.45, 7) is 0. The second-order valence-corrected chi connectivity index (χ2v) is 10.1. The summed E-state index contributed by atoms with van der Waals surface area (Å²) in [7, 11) is 0. The van der Waals surface area contributed by atoms with E-state index < -0.39 is 16.7 Å². The fraction of sp³-hybridized carbons (Fsp3) is 0.